The van der Waals surface area contributed by atoms with Crippen LogP contribution in [0.4, 0.5) is 5.69 Å². The number of nitrogens with zero attached hydrogens (tertiary/aromatic N) is 1. The van der Waals surface area contributed by atoms with Crippen molar-refractivity contribution in [2.45, 2.75) is 38.5 Å². The Hall–Kier alpha value is -1.71. The van der Waals surface area contributed by atoms with Gasteiger partial charge in [-0.25, -0.2) is 0 Å². The van der Waals surface area contributed by atoms with Gasteiger partial charge in [0.25, 0.3) is 0 Å². The van der Waals surface area contributed by atoms with Gasteiger partial charge in [0.15, 0.2) is 0 Å². The Morgan fingerprint density at radius 2 is 2.11 bits per heavy atom. The average Bonchev–Trinajstić information content (AvgIpc) is 3.02. The molecule has 0 aromatic heterocycles. The van der Waals surface area contributed by atoms with Crippen LogP contribution >= 0.6 is 0 Å². The predicted octanol–water partition coefficient (Wildman–Crippen LogP) is 2.50. The molecule has 0 aliphatic heterocycles. The van der Waals surface area contributed by atoms with Crippen molar-refractivity contribution in [3.05, 3.63) is 29.3 Å². The first-order chi connectivity index (χ1) is 9.21. The molecule has 0 radical (unpaired) electrons. The van der Waals surface area contributed by atoms with Crippen LogP contribution in [-0.4, -0.2) is 17.6 Å². The topological polar surface area (TPSA) is 70.6 Å². The Morgan fingerprint density at radius 1 is 1.32 bits per heavy atom. The predicted molar refractivity (Wildman–Crippen MR) is 76.6 cm³/mol. The third-order valence-electron chi connectivity index (χ3n) is 4.41. The van der Waals surface area contributed by atoms with Gasteiger partial charge >= 0.3 is 0 Å². The molecule has 0 spiro atoms. The standard InChI is InChI=1S/C15H21N3O/c16-14(18-19)9-15(6-7-15)10-17-13-5-4-11-2-1-3-12(11)8-13/h4-5,8,17,19H,1-3,6-7,9-10H2,(H2,16,18). The number of nitrogens with two attached hydrogens (primary N) is 1. The fraction of sp³-hybridized carbons (Fsp3) is 0.533. The summed E-state index contributed by atoms with van der Waals surface area (Å²) in [6, 6.07) is 6.69. The van der Waals surface area contributed by atoms with E-state index < -0.39 is 0 Å². The summed E-state index contributed by atoms with van der Waals surface area (Å²) in [4.78, 5) is 0. The second kappa shape index (κ2) is 4.76. The maximum Gasteiger partial charge on any atom is 0.139 e. The van der Waals surface area contributed by atoms with Gasteiger partial charge in [-0.3, -0.25) is 0 Å². The van der Waals surface area contributed by atoms with Gasteiger partial charge in [0.1, 0.15) is 5.84 Å². The SMILES string of the molecule is NC(CC1(CNc2ccc3c(c2)CCC3)CC1)=NO. The molecule has 102 valence electrons. The lowest BCUT2D eigenvalue weighted by atomic mass is 10.0. The van der Waals surface area contributed by atoms with E-state index in [9.17, 15) is 0 Å². The van der Waals surface area contributed by atoms with E-state index in [1.165, 1.54) is 36.1 Å². The van der Waals surface area contributed by atoms with Crippen LogP contribution in [0, 0.1) is 5.41 Å². The van der Waals surface area contributed by atoms with Gasteiger partial charge in [0, 0.05) is 18.7 Å². The molecule has 4 nitrogen and oxygen atoms in total. The van der Waals surface area contributed by atoms with Crippen molar-refractivity contribution in [1.82, 2.24) is 0 Å². The van der Waals surface area contributed by atoms with Crippen molar-refractivity contribution >= 4 is 11.5 Å². The number of benzene rings is 1. The molecule has 0 amide bonds. The van der Waals surface area contributed by atoms with Gasteiger partial charge in [-0.2, -0.15) is 0 Å². The molecule has 4 heteroatoms. The molecule has 3 rings (SSSR count). The van der Waals surface area contributed by atoms with Gasteiger partial charge in [-0.1, -0.05) is 11.2 Å². The number of fused-ring (bicyclic) bond motifs is 1. The summed E-state index contributed by atoms with van der Waals surface area (Å²) in [5.41, 5.74) is 10.0. The number of nitrogens with one attached hydrogen (secondary N) is 1. The minimum absolute atomic E-state index is 0.204. The maximum atomic E-state index is 8.66. The fourth-order valence-corrected chi connectivity index (χ4v) is 2.98. The van der Waals surface area contributed by atoms with Crippen molar-refractivity contribution in [3.63, 3.8) is 0 Å². The number of rotatable bonds is 5. The molecule has 1 saturated carbocycles. The van der Waals surface area contributed by atoms with E-state index in [0.29, 0.717) is 12.3 Å². The molecule has 4 N–H and O–H groups in total. The quantitative estimate of drug-likeness (QED) is 0.329. The molecule has 2 aliphatic carbocycles. The van der Waals surface area contributed by atoms with Crippen molar-refractivity contribution in [3.8, 4) is 0 Å². The summed E-state index contributed by atoms with van der Waals surface area (Å²) in [5.74, 6) is 0.341. The van der Waals surface area contributed by atoms with Crippen LogP contribution in [0.15, 0.2) is 23.4 Å². The maximum absolute atomic E-state index is 8.66. The Labute approximate surface area is 113 Å². The van der Waals surface area contributed by atoms with Crippen molar-refractivity contribution in [1.29, 1.82) is 0 Å². The van der Waals surface area contributed by atoms with Crippen molar-refractivity contribution in [2.24, 2.45) is 16.3 Å². The monoisotopic (exact) mass is 259 g/mol. The van der Waals surface area contributed by atoms with Crippen LogP contribution in [-0.2, 0) is 12.8 Å². The highest BCUT2D eigenvalue weighted by Crippen LogP contribution is 2.48. The van der Waals surface area contributed by atoms with E-state index in [2.05, 4.69) is 28.7 Å². The largest absolute Gasteiger partial charge is 0.409 e. The molecular weight excluding hydrogens is 238 g/mol. The summed E-state index contributed by atoms with van der Waals surface area (Å²) < 4.78 is 0. The summed E-state index contributed by atoms with van der Waals surface area (Å²) >= 11 is 0. The molecule has 1 aromatic carbocycles. The van der Waals surface area contributed by atoms with Gasteiger partial charge < -0.3 is 16.3 Å². The molecule has 0 bridgehead atoms. The van der Waals surface area contributed by atoms with Gasteiger partial charge in [0.05, 0.1) is 0 Å². The summed E-state index contributed by atoms with van der Waals surface area (Å²) in [5, 5.41) is 15.3. The Kier molecular flexibility index (Phi) is 3.09. The highest BCUT2D eigenvalue weighted by atomic mass is 16.4. The lowest BCUT2D eigenvalue weighted by molar-refractivity contribution is 0.315. The summed E-state index contributed by atoms with van der Waals surface area (Å²) in [6.07, 6.45) is 6.71. The van der Waals surface area contributed by atoms with Crippen LogP contribution in [0.1, 0.15) is 36.8 Å². The van der Waals surface area contributed by atoms with Gasteiger partial charge in [-0.05, 0) is 60.8 Å². The van der Waals surface area contributed by atoms with Gasteiger partial charge in [-0.15, -0.1) is 0 Å². The summed E-state index contributed by atoms with van der Waals surface area (Å²) in [6.45, 7) is 0.905. The lowest BCUT2D eigenvalue weighted by Gasteiger charge is -2.16. The molecule has 1 aromatic rings. The number of aryl methyl sites for hydroxylation is 2. The highest BCUT2D eigenvalue weighted by molar-refractivity contribution is 5.80. The van der Waals surface area contributed by atoms with E-state index in [1.807, 2.05) is 0 Å². The van der Waals surface area contributed by atoms with E-state index in [1.54, 1.807) is 0 Å². The van der Waals surface area contributed by atoms with Crippen LogP contribution < -0.4 is 11.1 Å². The number of hydrogen-bond acceptors (Lipinski definition) is 3. The molecule has 1 fully saturated rings. The van der Waals surface area contributed by atoms with Gasteiger partial charge in [0.2, 0.25) is 0 Å². The third-order valence-corrected chi connectivity index (χ3v) is 4.41. The van der Waals surface area contributed by atoms with Crippen LogP contribution in [0.25, 0.3) is 0 Å². The number of amidine groups is 1. The molecular formula is C15H21N3O. The number of hydrogen-bond donors (Lipinski definition) is 3. The first-order valence-corrected chi connectivity index (χ1v) is 7.03. The van der Waals surface area contributed by atoms with Crippen molar-refractivity contribution in [2.75, 3.05) is 11.9 Å². The van der Waals surface area contributed by atoms with E-state index in [-0.39, 0.29) is 5.41 Å². The van der Waals surface area contributed by atoms with E-state index in [4.69, 9.17) is 10.9 Å². The molecule has 0 heterocycles. The molecule has 2 aliphatic rings. The minimum atomic E-state index is 0.204. The lowest BCUT2D eigenvalue weighted by Crippen LogP contribution is -2.23. The van der Waals surface area contributed by atoms with E-state index in [0.717, 1.165) is 19.4 Å². The summed E-state index contributed by atoms with van der Waals surface area (Å²) in [7, 11) is 0. The molecule has 0 saturated heterocycles. The van der Waals surface area contributed by atoms with E-state index >= 15 is 0 Å². The number of anilines is 1. The second-order valence-corrected chi connectivity index (χ2v) is 5.96. The minimum Gasteiger partial charge on any atom is -0.409 e. The smallest absolute Gasteiger partial charge is 0.139 e. The normalized spacial score (nSPS) is 20.1. The van der Waals surface area contributed by atoms with Crippen LogP contribution in [0.2, 0.25) is 0 Å². The average molecular weight is 259 g/mol. The second-order valence-electron chi connectivity index (χ2n) is 5.96. The molecule has 0 atom stereocenters. The number of oxime groups is 1. The highest BCUT2D eigenvalue weighted by Gasteiger charge is 2.43. The Morgan fingerprint density at radius 3 is 2.84 bits per heavy atom. The third kappa shape index (κ3) is 2.67. The zero-order valence-corrected chi connectivity index (χ0v) is 11.2. The van der Waals surface area contributed by atoms with Crippen LogP contribution in [0.3, 0.4) is 0 Å². The zero-order chi connectivity index (χ0) is 13.3. The molecule has 19 heavy (non-hydrogen) atoms. The molecule has 0 unspecified atom stereocenters. The Bertz CT molecular complexity index is 506. The fourth-order valence-electron chi connectivity index (χ4n) is 2.98. The van der Waals surface area contributed by atoms with Crippen LogP contribution in [0.5, 0.6) is 0 Å². The van der Waals surface area contributed by atoms with Crippen molar-refractivity contribution < 1.29 is 5.21 Å². The first kappa shape index (κ1) is 12.3. The first-order valence-electron chi connectivity index (χ1n) is 7.03. The Balaban J connectivity index is 1.60. The zero-order valence-electron chi connectivity index (χ0n) is 11.2.